The fourth-order valence-corrected chi connectivity index (χ4v) is 6.04. The van der Waals surface area contributed by atoms with Crippen LogP contribution in [0, 0.1) is 0 Å². The highest BCUT2D eigenvalue weighted by Gasteiger charge is 2.39. The number of benzene rings is 1. The molecule has 0 unspecified atom stereocenters. The van der Waals surface area contributed by atoms with E-state index in [9.17, 15) is 0 Å². The summed E-state index contributed by atoms with van der Waals surface area (Å²) in [6.07, 6.45) is 7.26. The topological polar surface area (TPSA) is 58.4 Å². The second-order valence-electron chi connectivity index (χ2n) is 6.45. The molecule has 0 saturated carbocycles. The van der Waals surface area contributed by atoms with Crippen LogP contribution < -0.4 is 0 Å². The van der Waals surface area contributed by atoms with E-state index in [0.717, 1.165) is 41.2 Å². The van der Waals surface area contributed by atoms with Crippen LogP contribution in [0.3, 0.4) is 0 Å². The van der Waals surface area contributed by atoms with Gasteiger partial charge in [-0.05, 0) is 45.7 Å². The number of rotatable bonds is 11. The number of hydrogen-bond donors (Lipinski definition) is 0. The summed E-state index contributed by atoms with van der Waals surface area (Å²) in [6, 6.07) is 11.2. The van der Waals surface area contributed by atoms with Crippen LogP contribution >= 0.6 is 0 Å². The zero-order valence-electron chi connectivity index (χ0n) is 16.9. The van der Waals surface area contributed by atoms with Crippen molar-refractivity contribution in [3.8, 4) is 5.69 Å². The Labute approximate surface area is 167 Å². The summed E-state index contributed by atoms with van der Waals surface area (Å²) in [5.74, 6) is 0. The zero-order valence-corrected chi connectivity index (χ0v) is 17.9. The predicted molar refractivity (Wildman–Crippen MR) is 113 cm³/mol. The first-order valence-corrected chi connectivity index (χ1v) is 11.9. The van der Waals surface area contributed by atoms with Gasteiger partial charge in [-0.15, -0.1) is 0 Å². The van der Waals surface area contributed by atoms with Gasteiger partial charge in [0.15, 0.2) is 0 Å². The first-order valence-electron chi connectivity index (χ1n) is 10.00. The molecule has 28 heavy (non-hydrogen) atoms. The fourth-order valence-electron chi connectivity index (χ4n) is 3.43. The molecular weight excluding hydrogens is 370 g/mol. The predicted octanol–water partition coefficient (Wildman–Crippen LogP) is 4.40. The Morgan fingerprint density at radius 2 is 1.71 bits per heavy atom. The summed E-state index contributed by atoms with van der Waals surface area (Å²) in [5, 5.41) is 1.12. The number of aromatic nitrogens is 3. The zero-order chi connectivity index (χ0) is 19.8. The van der Waals surface area contributed by atoms with Gasteiger partial charge in [0.1, 0.15) is 0 Å². The molecule has 0 spiro atoms. The van der Waals surface area contributed by atoms with Crippen LogP contribution in [0.5, 0.6) is 0 Å². The SMILES string of the molecule is CCO[Si](CCCc1nc2ccccc2cc1-n1ccnc1)(OCC)OCC. The van der Waals surface area contributed by atoms with Gasteiger partial charge in [0.2, 0.25) is 0 Å². The van der Waals surface area contributed by atoms with Crippen molar-refractivity contribution < 1.29 is 13.3 Å². The molecule has 6 nitrogen and oxygen atoms in total. The molecule has 7 heteroatoms. The molecule has 150 valence electrons. The Kier molecular flexibility index (Phi) is 7.33. The standard InChI is InChI=1S/C21H29N3O3Si/c1-4-25-28(26-5-2,27-6-3)15-9-12-20-21(24-14-13-22-17-24)16-18-10-7-8-11-19(18)23-20/h7-8,10-11,13-14,16-17H,4-6,9,12,15H2,1-3H3. The minimum absolute atomic E-state index is 0.598. The van der Waals surface area contributed by atoms with Gasteiger partial charge >= 0.3 is 8.80 Å². The Bertz CT molecular complexity index is 853. The Balaban J connectivity index is 1.83. The Morgan fingerprint density at radius 1 is 1.00 bits per heavy atom. The van der Waals surface area contributed by atoms with Crippen LogP contribution in [0.2, 0.25) is 6.04 Å². The summed E-state index contributed by atoms with van der Waals surface area (Å²) in [4.78, 5) is 9.13. The number of para-hydroxylation sites is 1. The van der Waals surface area contributed by atoms with E-state index < -0.39 is 8.80 Å². The Hall–Kier alpha value is -2.06. The molecule has 3 rings (SSSR count). The molecule has 1 aromatic carbocycles. The van der Waals surface area contributed by atoms with E-state index in [1.807, 2.05) is 50.0 Å². The van der Waals surface area contributed by atoms with Gasteiger partial charge in [-0.3, -0.25) is 4.98 Å². The van der Waals surface area contributed by atoms with Crippen molar-refractivity contribution in [3.05, 3.63) is 54.7 Å². The van der Waals surface area contributed by atoms with Crippen molar-refractivity contribution in [2.75, 3.05) is 19.8 Å². The van der Waals surface area contributed by atoms with Crippen molar-refractivity contribution in [1.82, 2.24) is 14.5 Å². The van der Waals surface area contributed by atoms with E-state index in [1.165, 1.54) is 0 Å². The highest BCUT2D eigenvalue weighted by atomic mass is 28.4. The van der Waals surface area contributed by atoms with E-state index in [-0.39, 0.29) is 0 Å². The van der Waals surface area contributed by atoms with E-state index >= 15 is 0 Å². The maximum absolute atomic E-state index is 5.98. The molecule has 0 amide bonds. The normalized spacial score (nSPS) is 12.0. The van der Waals surface area contributed by atoms with Gasteiger partial charge in [-0.2, -0.15) is 0 Å². The first kappa shape index (κ1) is 20.7. The summed E-state index contributed by atoms with van der Waals surface area (Å²) in [7, 11) is -2.63. The number of pyridine rings is 1. The van der Waals surface area contributed by atoms with E-state index in [4.69, 9.17) is 18.3 Å². The van der Waals surface area contributed by atoms with Crippen molar-refractivity contribution >= 4 is 19.7 Å². The third-order valence-electron chi connectivity index (χ3n) is 4.55. The quantitative estimate of drug-likeness (QED) is 0.447. The van der Waals surface area contributed by atoms with Crippen LogP contribution in [0.15, 0.2) is 49.1 Å². The smallest absolute Gasteiger partial charge is 0.374 e. The van der Waals surface area contributed by atoms with E-state index in [0.29, 0.717) is 19.8 Å². The third kappa shape index (κ3) is 4.85. The van der Waals surface area contributed by atoms with Crippen LogP contribution in [0.1, 0.15) is 32.9 Å². The minimum Gasteiger partial charge on any atom is -0.374 e. The van der Waals surface area contributed by atoms with Gasteiger partial charge in [0.25, 0.3) is 0 Å². The highest BCUT2D eigenvalue weighted by Crippen LogP contribution is 2.24. The number of imidazole rings is 1. The average molecular weight is 400 g/mol. The van der Waals surface area contributed by atoms with Crippen LogP contribution in [-0.4, -0.2) is 43.2 Å². The molecule has 0 radical (unpaired) electrons. The molecule has 2 aromatic heterocycles. The van der Waals surface area contributed by atoms with Crippen LogP contribution in [0.4, 0.5) is 0 Å². The Morgan fingerprint density at radius 3 is 2.36 bits per heavy atom. The number of hydrogen-bond acceptors (Lipinski definition) is 5. The minimum atomic E-state index is -2.63. The lowest BCUT2D eigenvalue weighted by Gasteiger charge is -2.28. The lowest BCUT2D eigenvalue weighted by Crippen LogP contribution is -2.46. The molecule has 2 heterocycles. The maximum atomic E-state index is 5.98. The first-order chi connectivity index (χ1) is 13.7. The largest absolute Gasteiger partial charge is 0.500 e. The summed E-state index contributed by atoms with van der Waals surface area (Å²) < 4.78 is 20.0. The number of fused-ring (bicyclic) bond motifs is 1. The number of aryl methyl sites for hydroxylation is 1. The molecule has 0 aliphatic rings. The molecule has 0 saturated heterocycles. The molecule has 0 aliphatic carbocycles. The van der Waals surface area contributed by atoms with Crippen LogP contribution in [0.25, 0.3) is 16.6 Å². The van der Waals surface area contributed by atoms with Crippen molar-refractivity contribution in [1.29, 1.82) is 0 Å². The van der Waals surface area contributed by atoms with Crippen molar-refractivity contribution in [2.24, 2.45) is 0 Å². The number of nitrogens with zero attached hydrogens (tertiary/aromatic N) is 3. The third-order valence-corrected chi connectivity index (χ3v) is 7.70. The molecular formula is C21H29N3O3Si. The fraction of sp³-hybridized carbons (Fsp3) is 0.429. The van der Waals surface area contributed by atoms with Crippen LogP contribution in [-0.2, 0) is 19.7 Å². The second kappa shape index (κ2) is 9.93. The lowest BCUT2D eigenvalue weighted by molar-refractivity contribution is 0.0708. The van der Waals surface area contributed by atoms with Gasteiger partial charge in [-0.1, -0.05) is 18.2 Å². The summed E-state index contributed by atoms with van der Waals surface area (Å²) in [5.41, 5.74) is 3.11. The molecule has 0 N–H and O–H groups in total. The summed E-state index contributed by atoms with van der Waals surface area (Å²) >= 11 is 0. The molecule has 0 fully saturated rings. The van der Waals surface area contributed by atoms with Gasteiger partial charge < -0.3 is 17.8 Å². The monoisotopic (exact) mass is 399 g/mol. The molecule has 0 aliphatic heterocycles. The maximum Gasteiger partial charge on any atom is 0.500 e. The van der Waals surface area contributed by atoms with Gasteiger partial charge in [-0.25, -0.2) is 4.98 Å². The molecule has 0 bridgehead atoms. The van der Waals surface area contributed by atoms with Gasteiger partial charge in [0.05, 0.1) is 23.2 Å². The second-order valence-corrected chi connectivity index (χ2v) is 9.18. The highest BCUT2D eigenvalue weighted by molar-refractivity contribution is 6.60. The molecule has 0 atom stereocenters. The van der Waals surface area contributed by atoms with E-state index in [1.54, 1.807) is 6.20 Å². The van der Waals surface area contributed by atoms with Crippen molar-refractivity contribution in [2.45, 2.75) is 39.7 Å². The molecule has 3 aromatic rings. The van der Waals surface area contributed by atoms with E-state index in [2.05, 4.69) is 23.2 Å². The lowest BCUT2D eigenvalue weighted by atomic mass is 10.1. The van der Waals surface area contributed by atoms with Gasteiger partial charge in [0, 0.05) is 43.6 Å². The average Bonchev–Trinajstić information content (AvgIpc) is 3.23. The summed E-state index contributed by atoms with van der Waals surface area (Å²) in [6.45, 7) is 7.76. The van der Waals surface area contributed by atoms with Crippen molar-refractivity contribution in [3.63, 3.8) is 0 Å².